The topological polar surface area (TPSA) is 51.0 Å². The Morgan fingerprint density at radius 3 is 2.89 bits per heavy atom. The van der Waals surface area contributed by atoms with Crippen LogP contribution in [0.1, 0.15) is 40.9 Å². The molecule has 1 N–H and O–H groups in total. The number of aromatic nitrogens is 2. The Morgan fingerprint density at radius 1 is 1.39 bits per heavy atom. The molecule has 0 radical (unpaired) electrons. The van der Waals surface area contributed by atoms with Crippen LogP contribution in [0.15, 0.2) is 4.52 Å². The van der Waals surface area contributed by atoms with Gasteiger partial charge in [0.2, 0.25) is 0 Å². The van der Waals surface area contributed by atoms with E-state index in [2.05, 4.69) is 10.5 Å². The highest BCUT2D eigenvalue weighted by molar-refractivity contribution is 7.15. The summed E-state index contributed by atoms with van der Waals surface area (Å²) in [6.07, 6.45) is 3.56. The molecule has 5 heteroatoms. The molecule has 0 aromatic carbocycles. The molecule has 0 aliphatic heterocycles. The van der Waals surface area contributed by atoms with Crippen molar-refractivity contribution >= 4 is 11.3 Å². The van der Waals surface area contributed by atoms with Gasteiger partial charge in [0.1, 0.15) is 10.8 Å². The minimum atomic E-state index is 0.402. The van der Waals surface area contributed by atoms with Crippen LogP contribution in [-0.4, -0.2) is 17.2 Å². The van der Waals surface area contributed by atoms with E-state index in [1.54, 1.807) is 11.3 Å². The van der Waals surface area contributed by atoms with Gasteiger partial charge in [0.05, 0.1) is 23.0 Å². The van der Waals surface area contributed by atoms with E-state index < -0.39 is 0 Å². The number of nitrogens with one attached hydrogen (secondary N) is 1. The van der Waals surface area contributed by atoms with E-state index in [0.717, 1.165) is 28.4 Å². The van der Waals surface area contributed by atoms with Crippen LogP contribution in [0.4, 0.5) is 0 Å². The lowest BCUT2D eigenvalue weighted by molar-refractivity contribution is 0.393. The Kier molecular flexibility index (Phi) is 2.95. The summed E-state index contributed by atoms with van der Waals surface area (Å²) in [5.74, 6) is 0.861. The molecule has 0 bridgehead atoms. The molecule has 3 rings (SSSR count). The van der Waals surface area contributed by atoms with Gasteiger partial charge in [0.15, 0.2) is 0 Å². The second-order valence-electron chi connectivity index (χ2n) is 4.76. The van der Waals surface area contributed by atoms with Crippen LogP contribution < -0.4 is 5.32 Å². The van der Waals surface area contributed by atoms with E-state index in [0.29, 0.717) is 6.04 Å². The zero-order chi connectivity index (χ0) is 12.7. The first-order valence-electron chi connectivity index (χ1n) is 6.30. The van der Waals surface area contributed by atoms with Gasteiger partial charge in [-0.25, -0.2) is 4.98 Å². The molecular formula is C13H17N3OS. The molecule has 1 aliphatic rings. The summed E-state index contributed by atoms with van der Waals surface area (Å²) in [4.78, 5) is 6.24. The number of aryl methyl sites for hydroxylation is 3. The molecule has 18 heavy (non-hydrogen) atoms. The van der Waals surface area contributed by atoms with E-state index in [1.807, 2.05) is 20.9 Å². The minimum absolute atomic E-state index is 0.402. The average Bonchev–Trinajstić information content (AvgIpc) is 2.92. The molecule has 0 spiro atoms. The third-order valence-electron chi connectivity index (χ3n) is 3.55. The van der Waals surface area contributed by atoms with Crippen LogP contribution in [0.2, 0.25) is 0 Å². The first-order chi connectivity index (χ1) is 8.70. The summed E-state index contributed by atoms with van der Waals surface area (Å²) in [5, 5.41) is 8.42. The first-order valence-corrected chi connectivity index (χ1v) is 7.12. The number of rotatable bonds is 2. The Hall–Kier alpha value is -1.20. The summed E-state index contributed by atoms with van der Waals surface area (Å²) < 4.78 is 5.24. The molecule has 4 nitrogen and oxygen atoms in total. The summed E-state index contributed by atoms with van der Waals surface area (Å²) in [6.45, 7) is 3.92. The number of hydrogen-bond donors (Lipinski definition) is 1. The predicted octanol–water partition coefficient (Wildman–Crippen LogP) is 3.01. The second-order valence-corrected chi connectivity index (χ2v) is 5.84. The molecule has 1 atom stereocenters. The smallest absolute Gasteiger partial charge is 0.144 e. The maximum Gasteiger partial charge on any atom is 0.144 e. The normalized spacial score (nSPS) is 18.9. The number of hydrogen-bond acceptors (Lipinski definition) is 5. The largest absolute Gasteiger partial charge is 0.361 e. The van der Waals surface area contributed by atoms with Crippen molar-refractivity contribution < 1.29 is 4.52 Å². The summed E-state index contributed by atoms with van der Waals surface area (Å²) >= 11 is 1.79. The Bertz CT molecular complexity index is 553. The average molecular weight is 263 g/mol. The van der Waals surface area contributed by atoms with Gasteiger partial charge in [-0.3, -0.25) is 0 Å². The van der Waals surface area contributed by atoms with E-state index in [4.69, 9.17) is 9.51 Å². The number of thiazole rings is 1. The van der Waals surface area contributed by atoms with Crippen molar-refractivity contribution in [2.45, 2.75) is 39.2 Å². The molecule has 1 aliphatic carbocycles. The molecule has 96 valence electrons. The summed E-state index contributed by atoms with van der Waals surface area (Å²) in [7, 11) is 2.01. The van der Waals surface area contributed by atoms with E-state index in [9.17, 15) is 0 Å². The molecule has 2 aromatic rings. The lowest BCUT2D eigenvalue weighted by Crippen LogP contribution is -2.21. The van der Waals surface area contributed by atoms with Crippen LogP contribution in [0.3, 0.4) is 0 Å². The highest BCUT2D eigenvalue weighted by Gasteiger charge is 2.25. The van der Waals surface area contributed by atoms with E-state index >= 15 is 0 Å². The van der Waals surface area contributed by atoms with Crippen LogP contribution in [-0.2, 0) is 6.42 Å². The molecule has 0 fully saturated rings. The van der Waals surface area contributed by atoms with Crippen LogP contribution in [0.25, 0.3) is 10.6 Å². The zero-order valence-corrected chi connectivity index (χ0v) is 11.7. The molecule has 0 saturated carbocycles. The van der Waals surface area contributed by atoms with Crippen molar-refractivity contribution in [2.75, 3.05) is 7.05 Å². The minimum Gasteiger partial charge on any atom is -0.361 e. The van der Waals surface area contributed by atoms with Crippen molar-refractivity contribution in [2.24, 2.45) is 0 Å². The van der Waals surface area contributed by atoms with Crippen LogP contribution in [0, 0.1) is 13.8 Å². The lowest BCUT2D eigenvalue weighted by Gasteiger charge is -2.19. The summed E-state index contributed by atoms with van der Waals surface area (Å²) in [6, 6.07) is 0.402. The maximum absolute atomic E-state index is 5.24. The van der Waals surface area contributed by atoms with E-state index in [1.165, 1.54) is 23.4 Å². The highest BCUT2D eigenvalue weighted by atomic mass is 32.1. The fourth-order valence-corrected chi connectivity index (χ4v) is 3.90. The zero-order valence-electron chi connectivity index (χ0n) is 10.9. The quantitative estimate of drug-likeness (QED) is 0.905. The lowest BCUT2D eigenvalue weighted by atomic mass is 9.98. The fourth-order valence-electron chi connectivity index (χ4n) is 2.59. The second kappa shape index (κ2) is 4.48. The summed E-state index contributed by atoms with van der Waals surface area (Å²) in [5.41, 5.74) is 3.23. The predicted molar refractivity (Wildman–Crippen MR) is 71.8 cm³/mol. The first kappa shape index (κ1) is 11.9. The van der Waals surface area contributed by atoms with Gasteiger partial charge in [-0.05, 0) is 40.2 Å². The molecule has 0 amide bonds. The molecule has 0 saturated heterocycles. The van der Waals surface area contributed by atoms with Gasteiger partial charge in [-0.1, -0.05) is 5.16 Å². The number of nitrogens with zero attached hydrogens (tertiary/aromatic N) is 2. The third-order valence-corrected chi connectivity index (χ3v) is 4.70. The van der Waals surface area contributed by atoms with Crippen molar-refractivity contribution in [1.82, 2.24) is 15.5 Å². The van der Waals surface area contributed by atoms with Crippen LogP contribution in [0.5, 0.6) is 0 Å². The Balaban J connectivity index is 2.08. The fraction of sp³-hybridized carbons (Fsp3) is 0.538. The van der Waals surface area contributed by atoms with Gasteiger partial charge in [-0.15, -0.1) is 11.3 Å². The van der Waals surface area contributed by atoms with Gasteiger partial charge in [0.25, 0.3) is 0 Å². The standard InChI is InChI=1S/C13H17N3OS/c1-7-11(8(2)17-16-7)13-15-12-9(14-3)5-4-6-10(12)18-13/h9,14H,4-6H2,1-3H3. The highest BCUT2D eigenvalue weighted by Crippen LogP contribution is 2.38. The van der Waals surface area contributed by atoms with Gasteiger partial charge in [0, 0.05) is 4.88 Å². The van der Waals surface area contributed by atoms with Crippen molar-refractivity contribution in [1.29, 1.82) is 0 Å². The molecule has 1 unspecified atom stereocenters. The van der Waals surface area contributed by atoms with Crippen molar-refractivity contribution in [3.05, 3.63) is 22.0 Å². The van der Waals surface area contributed by atoms with Gasteiger partial charge >= 0.3 is 0 Å². The Labute approximate surface area is 110 Å². The van der Waals surface area contributed by atoms with Crippen molar-refractivity contribution in [3.8, 4) is 10.6 Å². The van der Waals surface area contributed by atoms with Crippen molar-refractivity contribution in [3.63, 3.8) is 0 Å². The molecule has 2 heterocycles. The number of fused-ring (bicyclic) bond motifs is 1. The molecule has 2 aromatic heterocycles. The van der Waals surface area contributed by atoms with Crippen LogP contribution >= 0.6 is 11.3 Å². The monoisotopic (exact) mass is 263 g/mol. The maximum atomic E-state index is 5.24. The third kappa shape index (κ3) is 1.78. The Morgan fingerprint density at radius 2 is 2.22 bits per heavy atom. The van der Waals surface area contributed by atoms with Gasteiger partial charge in [-0.2, -0.15) is 0 Å². The van der Waals surface area contributed by atoms with E-state index in [-0.39, 0.29) is 0 Å². The van der Waals surface area contributed by atoms with Gasteiger partial charge < -0.3 is 9.84 Å². The molecular weight excluding hydrogens is 246 g/mol. The SMILES string of the molecule is CNC1CCCc2sc(-c3c(C)noc3C)nc21.